The van der Waals surface area contributed by atoms with Gasteiger partial charge in [0.2, 0.25) is 5.91 Å². The van der Waals surface area contributed by atoms with E-state index in [0.29, 0.717) is 11.9 Å². The summed E-state index contributed by atoms with van der Waals surface area (Å²) in [7, 11) is 2.00. The molecule has 0 aromatic carbocycles. The molecule has 23 heavy (non-hydrogen) atoms. The van der Waals surface area contributed by atoms with Crippen molar-refractivity contribution in [1.82, 2.24) is 9.80 Å². The molecular weight excluding hydrogens is 284 g/mol. The number of amides is 1. The fourth-order valence-electron chi connectivity index (χ4n) is 4.48. The third-order valence-electron chi connectivity index (χ3n) is 6.30. The van der Waals surface area contributed by atoms with E-state index < -0.39 is 0 Å². The van der Waals surface area contributed by atoms with Gasteiger partial charge in [0.1, 0.15) is 0 Å². The number of likely N-dealkylation sites (tertiary alicyclic amines) is 1. The molecule has 1 heterocycles. The zero-order valence-electron chi connectivity index (χ0n) is 16.1. The van der Waals surface area contributed by atoms with Crippen LogP contribution in [0.25, 0.3) is 0 Å². The Morgan fingerprint density at radius 3 is 2.04 bits per heavy atom. The molecule has 134 valence electrons. The third-order valence-corrected chi connectivity index (χ3v) is 6.30. The zero-order chi connectivity index (χ0) is 17.0. The van der Waals surface area contributed by atoms with Crippen molar-refractivity contribution in [3.05, 3.63) is 0 Å². The lowest BCUT2D eigenvalue weighted by Crippen LogP contribution is -2.47. The maximum atomic E-state index is 12.1. The normalized spacial score (nSPS) is 27.6. The number of nitrogens with zero attached hydrogens (tertiary/aromatic N) is 2. The molecule has 2 rings (SSSR count). The summed E-state index contributed by atoms with van der Waals surface area (Å²) in [5.74, 6) is 3.16. The van der Waals surface area contributed by atoms with Crippen LogP contribution < -0.4 is 0 Å². The van der Waals surface area contributed by atoms with E-state index in [1.807, 2.05) is 25.8 Å². The van der Waals surface area contributed by atoms with Crippen molar-refractivity contribution < 1.29 is 4.79 Å². The van der Waals surface area contributed by atoms with Crippen LogP contribution in [0.5, 0.6) is 0 Å². The van der Waals surface area contributed by atoms with Crippen molar-refractivity contribution in [3.8, 4) is 0 Å². The second-order valence-electron chi connectivity index (χ2n) is 8.66. The summed E-state index contributed by atoms with van der Waals surface area (Å²) in [5, 5.41) is 0. The SMILES string of the molecule is CC(C)C(=O)N(C)C1CCN(CC2CCC(C(C)C)CC2)CC1. The number of carbonyl (C=O) groups excluding carboxylic acids is 1. The minimum atomic E-state index is 0.120. The Hall–Kier alpha value is -0.570. The molecule has 3 nitrogen and oxygen atoms in total. The predicted molar refractivity (Wildman–Crippen MR) is 97.4 cm³/mol. The molecule has 1 saturated carbocycles. The predicted octanol–water partition coefficient (Wildman–Crippen LogP) is 4.03. The fourth-order valence-corrected chi connectivity index (χ4v) is 4.48. The van der Waals surface area contributed by atoms with Gasteiger partial charge in [-0.25, -0.2) is 0 Å². The van der Waals surface area contributed by atoms with E-state index in [-0.39, 0.29) is 5.92 Å². The van der Waals surface area contributed by atoms with E-state index in [0.717, 1.165) is 30.6 Å². The Balaban J connectivity index is 1.70. The highest BCUT2D eigenvalue weighted by Crippen LogP contribution is 2.34. The topological polar surface area (TPSA) is 23.6 Å². The first-order chi connectivity index (χ1) is 10.9. The van der Waals surface area contributed by atoms with E-state index in [4.69, 9.17) is 0 Å². The largest absolute Gasteiger partial charge is 0.342 e. The van der Waals surface area contributed by atoms with Crippen molar-refractivity contribution in [2.45, 2.75) is 72.3 Å². The molecule has 1 amide bonds. The number of hydrogen-bond donors (Lipinski definition) is 0. The summed E-state index contributed by atoms with van der Waals surface area (Å²) < 4.78 is 0. The van der Waals surface area contributed by atoms with Gasteiger partial charge in [0.05, 0.1) is 0 Å². The summed E-state index contributed by atoms with van der Waals surface area (Å²) in [6.45, 7) is 12.4. The van der Waals surface area contributed by atoms with Gasteiger partial charge >= 0.3 is 0 Å². The number of carbonyl (C=O) groups is 1. The lowest BCUT2D eigenvalue weighted by molar-refractivity contribution is -0.136. The molecule has 0 spiro atoms. The molecule has 0 unspecified atom stereocenters. The van der Waals surface area contributed by atoms with Crippen molar-refractivity contribution in [2.24, 2.45) is 23.7 Å². The van der Waals surface area contributed by atoms with Crippen molar-refractivity contribution >= 4 is 5.91 Å². The lowest BCUT2D eigenvalue weighted by Gasteiger charge is -2.40. The first kappa shape index (κ1) is 18.8. The van der Waals surface area contributed by atoms with E-state index in [1.54, 1.807) is 0 Å². The zero-order valence-corrected chi connectivity index (χ0v) is 16.1. The van der Waals surface area contributed by atoms with E-state index in [1.165, 1.54) is 45.3 Å². The van der Waals surface area contributed by atoms with Gasteiger partial charge in [0, 0.05) is 38.6 Å². The molecule has 0 aromatic rings. The molecule has 1 aliphatic heterocycles. The second kappa shape index (κ2) is 8.50. The molecule has 0 bridgehead atoms. The Morgan fingerprint density at radius 1 is 1.00 bits per heavy atom. The lowest BCUT2D eigenvalue weighted by atomic mass is 9.77. The Kier molecular flexibility index (Phi) is 6.94. The van der Waals surface area contributed by atoms with Crippen molar-refractivity contribution in [3.63, 3.8) is 0 Å². The number of rotatable bonds is 5. The van der Waals surface area contributed by atoms with Crippen molar-refractivity contribution in [1.29, 1.82) is 0 Å². The highest BCUT2D eigenvalue weighted by molar-refractivity contribution is 5.78. The van der Waals surface area contributed by atoms with Crippen LogP contribution in [0.1, 0.15) is 66.2 Å². The molecule has 0 aromatic heterocycles. The summed E-state index contributed by atoms with van der Waals surface area (Å²) in [5.41, 5.74) is 0. The average molecular weight is 323 g/mol. The van der Waals surface area contributed by atoms with Gasteiger partial charge < -0.3 is 9.80 Å². The van der Waals surface area contributed by atoms with Crippen LogP contribution in [0, 0.1) is 23.7 Å². The molecule has 2 fully saturated rings. The molecule has 2 aliphatic rings. The van der Waals surface area contributed by atoms with Crippen LogP contribution in [-0.4, -0.2) is 48.4 Å². The highest BCUT2D eigenvalue weighted by Gasteiger charge is 2.29. The summed E-state index contributed by atoms with van der Waals surface area (Å²) in [6, 6.07) is 0.456. The van der Waals surface area contributed by atoms with Gasteiger partial charge in [-0.2, -0.15) is 0 Å². The van der Waals surface area contributed by atoms with Crippen molar-refractivity contribution in [2.75, 3.05) is 26.7 Å². The minimum Gasteiger partial charge on any atom is -0.342 e. The van der Waals surface area contributed by atoms with Crippen LogP contribution in [0.3, 0.4) is 0 Å². The Bertz CT molecular complexity index is 364. The van der Waals surface area contributed by atoms with Gasteiger partial charge in [-0.1, -0.05) is 27.7 Å². The molecule has 0 N–H and O–H groups in total. The maximum absolute atomic E-state index is 12.1. The van der Waals surface area contributed by atoms with Crippen LogP contribution >= 0.6 is 0 Å². The number of hydrogen-bond acceptors (Lipinski definition) is 2. The van der Waals surface area contributed by atoms with Crippen LogP contribution in [0.15, 0.2) is 0 Å². The first-order valence-corrected chi connectivity index (χ1v) is 9.87. The molecule has 1 aliphatic carbocycles. The quantitative estimate of drug-likeness (QED) is 0.763. The van der Waals surface area contributed by atoms with Gasteiger partial charge in [-0.3, -0.25) is 4.79 Å². The average Bonchev–Trinajstić information content (AvgIpc) is 2.54. The first-order valence-electron chi connectivity index (χ1n) is 9.87. The van der Waals surface area contributed by atoms with E-state index in [2.05, 4.69) is 18.7 Å². The third kappa shape index (κ3) is 5.20. The highest BCUT2D eigenvalue weighted by atomic mass is 16.2. The minimum absolute atomic E-state index is 0.120. The molecule has 0 atom stereocenters. The molecule has 0 radical (unpaired) electrons. The summed E-state index contributed by atoms with van der Waals surface area (Å²) in [4.78, 5) is 16.8. The van der Waals surface area contributed by atoms with Gasteiger partial charge in [0.25, 0.3) is 0 Å². The summed E-state index contributed by atoms with van der Waals surface area (Å²) >= 11 is 0. The van der Waals surface area contributed by atoms with Crippen LogP contribution in [0.2, 0.25) is 0 Å². The van der Waals surface area contributed by atoms with Crippen LogP contribution in [-0.2, 0) is 4.79 Å². The smallest absolute Gasteiger partial charge is 0.225 e. The second-order valence-corrected chi connectivity index (χ2v) is 8.66. The maximum Gasteiger partial charge on any atom is 0.225 e. The molecule has 1 saturated heterocycles. The van der Waals surface area contributed by atoms with Gasteiger partial charge in [-0.05, 0) is 56.3 Å². The Labute approximate surface area is 143 Å². The fraction of sp³-hybridized carbons (Fsp3) is 0.950. The van der Waals surface area contributed by atoms with Gasteiger partial charge in [-0.15, -0.1) is 0 Å². The standard InChI is InChI=1S/C20H38N2O/c1-15(2)18-8-6-17(7-9-18)14-22-12-10-19(11-13-22)21(5)20(23)16(3)4/h15-19H,6-14H2,1-5H3. The summed E-state index contributed by atoms with van der Waals surface area (Å²) in [6.07, 6.45) is 8.02. The Morgan fingerprint density at radius 2 is 1.57 bits per heavy atom. The van der Waals surface area contributed by atoms with Gasteiger partial charge in [0.15, 0.2) is 0 Å². The monoisotopic (exact) mass is 322 g/mol. The molecule has 3 heteroatoms. The number of piperidine rings is 1. The van der Waals surface area contributed by atoms with E-state index in [9.17, 15) is 4.79 Å². The van der Waals surface area contributed by atoms with Crippen LogP contribution in [0.4, 0.5) is 0 Å². The van der Waals surface area contributed by atoms with E-state index >= 15 is 0 Å². The molecular formula is C20H38N2O.